The van der Waals surface area contributed by atoms with Gasteiger partial charge in [0.05, 0.1) is 12.1 Å². The fourth-order valence-electron chi connectivity index (χ4n) is 3.41. The molecule has 4 aromatic rings. The molecule has 0 fully saturated rings. The average molecular weight is 450 g/mol. The summed E-state index contributed by atoms with van der Waals surface area (Å²) in [6.07, 6.45) is 5.40. The molecule has 1 amide bonds. The first-order valence-corrected chi connectivity index (χ1v) is 10.4. The number of halogens is 1. The van der Waals surface area contributed by atoms with Crippen LogP contribution in [0.4, 0.5) is 0 Å². The van der Waals surface area contributed by atoms with E-state index in [2.05, 4.69) is 15.3 Å². The first-order valence-electron chi connectivity index (χ1n) is 10.0. The molecule has 1 N–H and O–H groups in total. The summed E-state index contributed by atoms with van der Waals surface area (Å²) in [4.78, 5) is 46.5. The Labute approximate surface area is 188 Å². The number of aromatic nitrogens is 4. The van der Waals surface area contributed by atoms with Gasteiger partial charge in [0.2, 0.25) is 5.91 Å². The Morgan fingerprint density at radius 2 is 1.62 bits per heavy atom. The summed E-state index contributed by atoms with van der Waals surface area (Å²) in [7, 11) is 0. The maximum Gasteiger partial charge on any atom is 0.318 e. The molecular weight excluding hydrogens is 430 g/mol. The van der Waals surface area contributed by atoms with Crippen LogP contribution < -0.4 is 16.4 Å². The molecule has 162 valence electrons. The molecule has 1 aromatic carbocycles. The summed E-state index contributed by atoms with van der Waals surface area (Å²) in [6.45, 7) is 0.301. The summed E-state index contributed by atoms with van der Waals surface area (Å²) >= 11 is 5.88. The predicted octanol–water partition coefficient (Wildman–Crippen LogP) is 2.01. The Kier molecular flexibility index (Phi) is 6.42. The molecule has 0 aliphatic rings. The maximum absolute atomic E-state index is 12.9. The van der Waals surface area contributed by atoms with Crippen LogP contribution in [0.2, 0.25) is 5.02 Å². The predicted molar refractivity (Wildman–Crippen MR) is 122 cm³/mol. The first-order chi connectivity index (χ1) is 15.5. The Balaban J connectivity index is 1.56. The normalized spacial score (nSPS) is 10.9. The van der Waals surface area contributed by atoms with Gasteiger partial charge in [-0.15, -0.1) is 0 Å². The van der Waals surface area contributed by atoms with Crippen molar-refractivity contribution in [2.24, 2.45) is 0 Å². The van der Waals surface area contributed by atoms with Gasteiger partial charge in [-0.3, -0.25) is 28.5 Å². The Morgan fingerprint density at radius 1 is 0.906 bits per heavy atom. The molecule has 0 radical (unpaired) electrons. The second kappa shape index (κ2) is 9.57. The van der Waals surface area contributed by atoms with Gasteiger partial charge in [0, 0.05) is 30.2 Å². The summed E-state index contributed by atoms with van der Waals surface area (Å²) in [5.74, 6) is -0.363. The third-order valence-electron chi connectivity index (χ3n) is 5.03. The molecule has 9 heteroatoms. The molecule has 3 heterocycles. The molecule has 3 aromatic heterocycles. The van der Waals surface area contributed by atoms with Gasteiger partial charge in [0.25, 0.3) is 0 Å². The number of nitrogens with one attached hydrogen (secondary N) is 1. The number of carbonyl (C=O) groups is 1. The van der Waals surface area contributed by atoms with Crippen LogP contribution in [-0.2, 0) is 24.3 Å². The van der Waals surface area contributed by atoms with Gasteiger partial charge in [-0.1, -0.05) is 23.7 Å². The SMILES string of the molecule is O=C(Cn1c(=O)c(=O)n(Cc2ccncc2)c2ncccc21)NCCc1ccc(Cl)cc1. The molecule has 4 rings (SSSR count). The number of hydrogen-bond donors (Lipinski definition) is 1. The van der Waals surface area contributed by atoms with Gasteiger partial charge in [-0.05, 0) is 53.9 Å². The highest BCUT2D eigenvalue weighted by Crippen LogP contribution is 2.11. The quantitative estimate of drug-likeness (QED) is 0.435. The van der Waals surface area contributed by atoms with Crippen LogP contribution in [0.15, 0.2) is 76.7 Å². The number of fused-ring (bicyclic) bond motifs is 1. The van der Waals surface area contributed by atoms with E-state index in [4.69, 9.17) is 11.6 Å². The van der Waals surface area contributed by atoms with Crippen LogP contribution in [0, 0.1) is 0 Å². The number of hydrogen-bond acceptors (Lipinski definition) is 5. The van der Waals surface area contributed by atoms with E-state index in [1.165, 1.54) is 9.13 Å². The van der Waals surface area contributed by atoms with Crippen LogP contribution in [0.5, 0.6) is 0 Å². The zero-order valence-electron chi connectivity index (χ0n) is 17.1. The zero-order valence-corrected chi connectivity index (χ0v) is 17.8. The smallest absolute Gasteiger partial charge is 0.318 e. The fourth-order valence-corrected chi connectivity index (χ4v) is 3.54. The van der Waals surface area contributed by atoms with Crippen LogP contribution in [0.25, 0.3) is 11.2 Å². The third kappa shape index (κ3) is 4.76. The number of carbonyl (C=O) groups excluding carboxylic acids is 1. The summed E-state index contributed by atoms with van der Waals surface area (Å²) in [5, 5.41) is 3.44. The van der Waals surface area contributed by atoms with E-state index in [1.54, 1.807) is 55.0 Å². The summed E-state index contributed by atoms with van der Waals surface area (Å²) < 4.78 is 2.49. The minimum Gasteiger partial charge on any atom is -0.354 e. The summed E-state index contributed by atoms with van der Waals surface area (Å²) in [5.41, 5.74) is 1.09. The lowest BCUT2D eigenvalue weighted by atomic mass is 10.1. The topological polar surface area (TPSA) is 98.9 Å². The van der Waals surface area contributed by atoms with E-state index in [0.29, 0.717) is 29.2 Å². The third-order valence-corrected chi connectivity index (χ3v) is 5.28. The van der Waals surface area contributed by atoms with Crippen molar-refractivity contribution in [1.82, 2.24) is 24.4 Å². The fraction of sp³-hybridized carbons (Fsp3) is 0.174. The highest BCUT2D eigenvalue weighted by atomic mass is 35.5. The van der Waals surface area contributed by atoms with Gasteiger partial charge in [-0.2, -0.15) is 0 Å². The van der Waals surface area contributed by atoms with Gasteiger partial charge in [0.15, 0.2) is 5.65 Å². The second-order valence-electron chi connectivity index (χ2n) is 7.21. The minimum absolute atomic E-state index is 0.179. The number of benzene rings is 1. The highest BCUT2D eigenvalue weighted by molar-refractivity contribution is 6.30. The largest absolute Gasteiger partial charge is 0.354 e. The van der Waals surface area contributed by atoms with Crippen molar-refractivity contribution in [2.45, 2.75) is 19.5 Å². The van der Waals surface area contributed by atoms with Crippen molar-refractivity contribution in [3.63, 3.8) is 0 Å². The zero-order chi connectivity index (χ0) is 22.5. The summed E-state index contributed by atoms with van der Waals surface area (Å²) in [6, 6.07) is 14.2. The second-order valence-corrected chi connectivity index (χ2v) is 7.65. The van der Waals surface area contributed by atoms with E-state index in [1.807, 2.05) is 12.1 Å². The van der Waals surface area contributed by atoms with E-state index in [9.17, 15) is 14.4 Å². The molecule has 0 atom stereocenters. The van der Waals surface area contributed by atoms with Crippen LogP contribution in [0.1, 0.15) is 11.1 Å². The Morgan fingerprint density at radius 3 is 2.38 bits per heavy atom. The number of rotatable bonds is 7. The van der Waals surface area contributed by atoms with Crippen molar-refractivity contribution in [3.8, 4) is 0 Å². The number of amides is 1. The van der Waals surface area contributed by atoms with Gasteiger partial charge < -0.3 is 5.32 Å². The molecule has 0 saturated carbocycles. The van der Waals surface area contributed by atoms with E-state index in [0.717, 1.165) is 11.1 Å². The molecule has 32 heavy (non-hydrogen) atoms. The monoisotopic (exact) mass is 449 g/mol. The van der Waals surface area contributed by atoms with Crippen LogP contribution in [-0.4, -0.2) is 31.6 Å². The number of pyridine rings is 2. The maximum atomic E-state index is 12.9. The Hall–Kier alpha value is -3.78. The molecule has 0 aliphatic heterocycles. The molecule has 0 saturated heterocycles. The lowest BCUT2D eigenvalue weighted by molar-refractivity contribution is -0.121. The van der Waals surface area contributed by atoms with Gasteiger partial charge in [-0.25, -0.2) is 4.98 Å². The lowest BCUT2D eigenvalue weighted by Crippen LogP contribution is -2.44. The van der Waals surface area contributed by atoms with Crippen molar-refractivity contribution in [1.29, 1.82) is 0 Å². The minimum atomic E-state index is -0.771. The standard InChI is InChI=1S/C23H20ClN5O3/c24-18-5-3-16(4-6-18)9-13-26-20(30)15-28-19-2-1-10-27-21(19)29(23(32)22(28)31)14-17-7-11-25-12-8-17/h1-8,10-12H,9,13-15H2,(H,26,30). The Bertz CT molecular complexity index is 1360. The lowest BCUT2D eigenvalue weighted by Gasteiger charge is -2.14. The first kappa shape index (κ1) is 21.5. The number of nitrogens with zero attached hydrogens (tertiary/aromatic N) is 4. The highest BCUT2D eigenvalue weighted by Gasteiger charge is 2.16. The van der Waals surface area contributed by atoms with Crippen molar-refractivity contribution >= 4 is 28.7 Å². The van der Waals surface area contributed by atoms with E-state index in [-0.39, 0.29) is 19.0 Å². The average Bonchev–Trinajstić information content (AvgIpc) is 2.81. The van der Waals surface area contributed by atoms with E-state index >= 15 is 0 Å². The molecule has 0 unspecified atom stereocenters. The molecule has 8 nitrogen and oxygen atoms in total. The van der Waals surface area contributed by atoms with Crippen LogP contribution >= 0.6 is 11.6 Å². The van der Waals surface area contributed by atoms with Crippen LogP contribution in [0.3, 0.4) is 0 Å². The van der Waals surface area contributed by atoms with Gasteiger partial charge >= 0.3 is 11.1 Å². The van der Waals surface area contributed by atoms with Crippen molar-refractivity contribution < 1.29 is 4.79 Å². The van der Waals surface area contributed by atoms with Gasteiger partial charge in [0.1, 0.15) is 6.54 Å². The molecular formula is C23H20ClN5O3. The molecule has 0 bridgehead atoms. The van der Waals surface area contributed by atoms with E-state index < -0.39 is 11.1 Å². The van der Waals surface area contributed by atoms with Crippen molar-refractivity contribution in [3.05, 3.63) is 104 Å². The molecule has 0 aliphatic carbocycles. The van der Waals surface area contributed by atoms with Crippen molar-refractivity contribution in [2.75, 3.05) is 6.54 Å². The molecule has 0 spiro atoms.